The Hall–Kier alpha value is -3.54. The molecule has 2 aliphatic rings. The average Bonchev–Trinajstić information content (AvgIpc) is 3.66. The number of alkyl carbamates (subject to hydrolysis) is 1. The Labute approximate surface area is 243 Å². The standard InChI is InChI=1S/C32H45N5O4/c1-7-35-25(19-23-13-12-22(20-33)18-27(23)35)15-14-24-10-8-16-36(24)29(38)26-11-9-17-37(26)30(39)28(21(2)3)34-31(40)41-32(4,5)6/h12-13,18-19,21,24,26,28H,7-11,14-17H2,1-6H3,(H,34,40)/t24?,26?,28-/m0/s1. The molecule has 9 nitrogen and oxygen atoms in total. The van der Waals surface area contributed by atoms with Gasteiger partial charge in [0.05, 0.1) is 11.6 Å². The van der Waals surface area contributed by atoms with Crippen LogP contribution in [0.3, 0.4) is 0 Å². The lowest BCUT2D eigenvalue weighted by Gasteiger charge is -2.34. The number of aryl methyl sites for hydroxylation is 2. The van der Waals surface area contributed by atoms with Gasteiger partial charge in [-0.3, -0.25) is 9.59 Å². The minimum absolute atomic E-state index is 0.0211. The molecule has 1 aromatic carbocycles. The number of benzene rings is 1. The van der Waals surface area contributed by atoms with Crippen LogP contribution in [0.4, 0.5) is 4.79 Å². The number of hydrogen-bond donors (Lipinski definition) is 1. The number of nitrogens with one attached hydrogen (secondary N) is 1. The fourth-order valence-corrected chi connectivity index (χ4v) is 6.31. The Bertz CT molecular complexity index is 1320. The van der Waals surface area contributed by atoms with Crippen LogP contribution in [0.15, 0.2) is 24.3 Å². The number of nitrogens with zero attached hydrogens (tertiary/aromatic N) is 4. The van der Waals surface area contributed by atoms with E-state index in [0.29, 0.717) is 25.1 Å². The molecule has 3 heterocycles. The Balaban J connectivity index is 1.44. The SMILES string of the molecule is CCn1c(CCC2CCCN2C(=O)C2CCCN2C(=O)[C@@H](NC(=O)OC(C)(C)C)C(C)C)cc2ccc(C#N)cc21. The maximum atomic E-state index is 13.9. The Kier molecular flexibility index (Phi) is 9.31. The van der Waals surface area contributed by atoms with Crippen molar-refractivity contribution in [3.05, 3.63) is 35.5 Å². The number of carbonyl (C=O) groups is 3. The highest BCUT2D eigenvalue weighted by atomic mass is 16.6. The molecule has 2 aliphatic heterocycles. The maximum absolute atomic E-state index is 13.9. The summed E-state index contributed by atoms with van der Waals surface area (Å²) in [5.41, 5.74) is 2.26. The highest BCUT2D eigenvalue weighted by Gasteiger charge is 2.42. The molecule has 3 atom stereocenters. The van der Waals surface area contributed by atoms with Gasteiger partial charge < -0.3 is 24.4 Å². The first-order valence-corrected chi connectivity index (χ1v) is 15.1. The van der Waals surface area contributed by atoms with E-state index in [1.807, 2.05) is 36.9 Å². The maximum Gasteiger partial charge on any atom is 0.408 e. The second-order valence-corrected chi connectivity index (χ2v) is 12.7. The van der Waals surface area contributed by atoms with E-state index < -0.39 is 23.8 Å². The van der Waals surface area contributed by atoms with Crippen LogP contribution in [0.1, 0.15) is 84.9 Å². The van der Waals surface area contributed by atoms with Crippen LogP contribution in [0.25, 0.3) is 10.9 Å². The predicted octanol–water partition coefficient (Wildman–Crippen LogP) is 5.00. The summed E-state index contributed by atoms with van der Waals surface area (Å²) in [6.45, 7) is 13.3. The van der Waals surface area contributed by atoms with E-state index >= 15 is 0 Å². The van der Waals surface area contributed by atoms with Gasteiger partial charge in [0.1, 0.15) is 17.7 Å². The molecule has 4 rings (SSSR count). The number of rotatable bonds is 8. The zero-order valence-corrected chi connectivity index (χ0v) is 25.4. The van der Waals surface area contributed by atoms with Gasteiger partial charge in [-0.2, -0.15) is 5.26 Å². The second kappa shape index (κ2) is 12.5. The van der Waals surface area contributed by atoms with Crippen molar-refractivity contribution in [1.82, 2.24) is 19.7 Å². The number of carbonyl (C=O) groups excluding carboxylic acids is 3. The van der Waals surface area contributed by atoms with E-state index in [1.165, 1.54) is 5.69 Å². The Morgan fingerprint density at radius 2 is 1.80 bits per heavy atom. The fraction of sp³-hybridized carbons (Fsp3) is 0.625. The van der Waals surface area contributed by atoms with Gasteiger partial charge in [-0.25, -0.2) is 4.79 Å². The van der Waals surface area contributed by atoms with Crippen molar-refractivity contribution in [2.24, 2.45) is 5.92 Å². The Morgan fingerprint density at radius 1 is 1.10 bits per heavy atom. The van der Waals surface area contributed by atoms with Crippen LogP contribution < -0.4 is 5.32 Å². The minimum Gasteiger partial charge on any atom is -0.444 e. The van der Waals surface area contributed by atoms with Gasteiger partial charge in [0, 0.05) is 36.9 Å². The molecule has 41 heavy (non-hydrogen) atoms. The van der Waals surface area contributed by atoms with Crippen molar-refractivity contribution in [3.8, 4) is 6.07 Å². The molecule has 1 N–H and O–H groups in total. The highest BCUT2D eigenvalue weighted by molar-refractivity contribution is 5.92. The number of likely N-dealkylation sites (tertiary alicyclic amines) is 2. The van der Waals surface area contributed by atoms with Gasteiger partial charge in [-0.05, 0) is 95.7 Å². The topological polar surface area (TPSA) is 108 Å². The third kappa shape index (κ3) is 6.86. The van der Waals surface area contributed by atoms with E-state index in [1.54, 1.807) is 25.7 Å². The van der Waals surface area contributed by atoms with Gasteiger partial charge in [0.25, 0.3) is 0 Å². The third-order valence-electron chi connectivity index (χ3n) is 8.26. The summed E-state index contributed by atoms with van der Waals surface area (Å²) in [5, 5.41) is 13.2. The first kappa shape index (κ1) is 30.4. The molecule has 2 fully saturated rings. The fourth-order valence-electron chi connectivity index (χ4n) is 6.31. The highest BCUT2D eigenvalue weighted by Crippen LogP contribution is 2.29. The van der Waals surface area contributed by atoms with Gasteiger partial charge in [0.15, 0.2) is 0 Å². The molecule has 2 saturated heterocycles. The lowest BCUT2D eigenvalue weighted by molar-refractivity contribution is -0.146. The number of ether oxygens (including phenoxy) is 1. The monoisotopic (exact) mass is 563 g/mol. The van der Waals surface area contributed by atoms with Crippen LogP contribution in [0.2, 0.25) is 0 Å². The van der Waals surface area contributed by atoms with E-state index in [4.69, 9.17) is 4.74 Å². The number of nitriles is 1. The summed E-state index contributed by atoms with van der Waals surface area (Å²) in [7, 11) is 0. The minimum atomic E-state index is -0.759. The number of aromatic nitrogens is 1. The molecule has 0 aliphatic carbocycles. The smallest absolute Gasteiger partial charge is 0.408 e. The van der Waals surface area contributed by atoms with Crippen LogP contribution in [-0.2, 0) is 27.3 Å². The first-order valence-electron chi connectivity index (χ1n) is 15.1. The Morgan fingerprint density at radius 3 is 2.46 bits per heavy atom. The molecule has 0 radical (unpaired) electrons. The van der Waals surface area contributed by atoms with Gasteiger partial charge >= 0.3 is 6.09 Å². The average molecular weight is 564 g/mol. The van der Waals surface area contributed by atoms with E-state index in [0.717, 1.165) is 49.6 Å². The summed E-state index contributed by atoms with van der Waals surface area (Å²) in [4.78, 5) is 43.7. The largest absolute Gasteiger partial charge is 0.444 e. The lowest BCUT2D eigenvalue weighted by atomic mass is 10.0. The quantitative estimate of drug-likeness (QED) is 0.487. The molecule has 3 amide bonds. The molecule has 9 heteroatoms. The van der Waals surface area contributed by atoms with Gasteiger partial charge in [0.2, 0.25) is 11.8 Å². The molecular formula is C32H45N5O4. The van der Waals surface area contributed by atoms with E-state index in [2.05, 4.69) is 28.9 Å². The van der Waals surface area contributed by atoms with Crippen LogP contribution in [0.5, 0.6) is 0 Å². The summed E-state index contributed by atoms with van der Waals surface area (Å²) in [5.74, 6) is -0.352. The summed E-state index contributed by atoms with van der Waals surface area (Å²) in [6, 6.07) is 9.09. The summed E-state index contributed by atoms with van der Waals surface area (Å²) in [6.07, 6.45) is 4.36. The molecule has 222 valence electrons. The van der Waals surface area contributed by atoms with Gasteiger partial charge in [-0.15, -0.1) is 0 Å². The van der Waals surface area contributed by atoms with Crippen molar-refractivity contribution in [3.63, 3.8) is 0 Å². The number of hydrogen-bond acceptors (Lipinski definition) is 5. The first-order chi connectivity index (χ1) is 19.4. The molecular weight excluding hydrogens is 518 g/mol. The predicted molar refractivity (Wildman–Crippen MR) is 158 cm³/mol. The van der Waals surface area contributed by atoms with Crippen molar-refractivity contribution in [2.45, 2.75) is 110 Å². The molecule has 2 unspecified atom stereocenters. The van der Waals surface area contributed by atoms with Crippen molar-refractivity contribution in [1.29, 1.82) is 5.26 Å². The summed E-state index contributed by atoms with van der Waals surface area (Å²) >= 11 is 0. The summed E-state index contributed by atoms with van der Waals surface area (Å²) < 4.78 is 7.66. The molecule has 2 aromatic rings. The number of fused-ring (bicyclic) bond motifs is 1. The van der Waals surface area contributed by atoms with Crippen LogP contribution in [0, 0.1) is 17.2 Å². The normalized spacial score (nSPS) is 20.0. The molecule has 0 saturated carbocycles. The van der Waals surface area contributed by atoms with E-state index in [9.17, 15) is 19.6 Å². The van der Waals surface area contributed by atoms with Gasteiger partial charge in [-0.1, -0.05) is 19.9 Å². The zero-order chi connectivity index (χ0) is 29.9. The van der Waals surface area contributed by atoms with Crippen molar-refractivity contribution < 1.29 is 19.1 Å². The number of amides is 3. The van der Waals surface area contributed by atoms with Crippen LogP contribution >= 0.6 is 0 Å². The molecule has 0 bridgehead atoms. The second-order valence-electron chi connectivity index (χ2n) is 12.7. The van der Waals surface area contributed by atoms with Crippen LogP contribution in [-0.4, -0.2) is 69.1 Å². The molecule has 0 spiro atoms. The molecule has 1 aromatic heterocycles. The van der Waals surface area contributed by atoms with Crippen molar-refractivity contribution >= 4 is 28.8 Å². The third-order valence-corrected chi connectivity index (χ3v) is 8.26. The zero-order valence-electron chi connectivity index (χ0n) is 25.4. The van der Waals surface area contributed by atoms with Crippen molar-refractivity contribution in [2.75, 3.05) is 13.1 Å². The van der Waals surface area contributed by atoms with E-state index in [-0.39, 0.29) is 23.8 Å². The lowest BCUT2D eigenvalue weighted by Crippen LogP contribution is -2.56.